The smallest absolute Gasteiger partial charge is 0.160 e. The second kappa shape index (κ2) is 10.1. The largest absolute Gasteiger partial charge is 0.309 e. The van der Waals surface area contributed by atoms with Crippen LogP contribution in [0.1, 0.15) is 0 Å². The van der Waals surface area contributed by atoms with Crippen molar-refractivity contribution in [1.82, 2.24) is 14.5 Å². The maximum absolute atomic E-state index is 5.06. The number of rotatable bonds is 4. The number of benzene rings is 7. The van der Waals surface area contributed by atoms with E-state index >= 15 is 0 Å². The fourth-order valence-corrected chi connectivity index (χ4v) is 7.46. The molecule has 1 aliphatic rings. The van der Waals surface area contributed by atoms with Crippen molar-refractivity contribution in [3.63, 3.8) is 0 Å². The summed E-state index contributed by atoms with van der Waals surface area (Å²) in [6.07, 6.45) is 0. The Kier molecular flexibility index (Phi) is 5.57. The molecular weight excluding hydrogens is 571 g/mol. The van der Waals surface area contributed by atoms with Gasteiger partial charge in [0.15, 0.2) is 5.82 Å². The van der Waals surface area contributed by atoms with Gasteiger partial charge in [-0.25, -0.2) is 9.97 Å². The van der Waals surface area contributed by atoms with Gasteiger partial charge in [0, 0.05) is 33.2 Å². The minimum Gasteiger partial charge on any atom is -0.309 e. The first-order valence-corrected chi connectivity index (χ1v) is 16.0. The van der Waals surface area contributed by atoms with E-state index in [1.807, 2.05) is 12.1 Å². The highest BCUT2D eigenvalue weighted by molar-refractivity contribution is 6.30. The highest BCUT2D eigenvalue weighted by Gasteiger charge is 2.24. The summed E-state index contributed by atoms with van der Waals surface area (Å²) >= 11 is 0. The molecule has 0 saturated carbocycles. The van der Waals surface area contributed by atoms with Crippen LogP contribution in [0, 0.1) is 0 Å². The second-order valence-corrected chi connectivity index (χ2v) is 12.2. The van der Waals surface area contributed by atoms with Crippen LogP contribution in [-0.2, 0) is 0 Å². The zero-order chi connectivity index (χ0) is 30.9. The lowest BCUT2D eigenvalue weighted by Crippen LogP contribution is -1.97. The van der Waals surface area contributed by atoms with Crippen LogP contribution in [0.4, 0.5) is 0 Å². The van der Waals surface area contributed by atoms with Gasteiger partial charge in [0.05, 0.1) is 22.4 Å². The van der Waals surface area contributed by atoms with Crippen LogP contribution in [0.3, 0.4) is 0 Å². The van der Waals surface area contributed by atoms with E-state index in [1.165, 1.54) is 54.8 Å². The first-order valence-electron chi connectivity index (χ1n) is 16.0. The van der Waals surface area contributed by atoms with Crippen LogP contribution in [0.2, 0.25) is 0 Å². The molecule has 3 heteroatoms. The van der Waals surface area contributed by atoms with Crippen molar-refractivity contribution >= 4 is 32.6 Å². The van der Waals surface area contributed by atoms with Gasteiger partial charge in [-0.3, -0.25) is 0 Å². The summed E-state index contributed by atoms with van der Waals surface area (Å²) in [4.78, 5) is 10.1. The SMILES string of the molecule is c1ccc(-c2cc(-c3ccccc3)nc(-c3ccc(-n4c5cccc6c5c5c7c(cccc7ccc54)-c4ccccc4-6)cc3)n2)cc1. The van der Waals surface area contributed by atoms with Crippen molar-refractivity contribution < 1.29 is 0 Å². The molecule has 1 aliphatic carbocycles. The van der Waals surface area contributed by atoms with Crippen LogP contribution in [-0.4, -0.2) is 14.5 Å². The zero-order valence-electron chi connectivity index (χ0n) is 25.4. The average Bonchev–Trinajstić information content (AvgIpc) is 3.43. The number of hydrogen-bond donors (Lipinski definition) is 0. The Morgan fingerprint density at radius 3 is 1.57 bits per heavy atom. The molecule has 0 amide bonds. The fourth-order valence-electron chi connectivity index (χ4n) is 7.46. The molecule has 47 heavy (non-hydrogen) atoms. The summed E-state index contributed by atoms with van der Waals surface area (Å²) in [5.74, 6) is 0.711. The van der Waals surface area contributed by atoms with E-state index < -0.39 is 0 Å². The standard InChI is InChI=1S/C44H27N3/c1-3-11-28(12-4-1)37-27-38(29-13-5-2-6-14-29)46-44(45-37)31-21-24-32(25-22-31)47-39-20-10-19-36-34-17-8-7-16-33(34)35-18-9-15-30-23-26-40(47)43(41(30)35)42(36)39/h1-27H. The van der Waals surface area contributed by atoms with E-state index in [9.17, 15) is 0 Å². The van der Waals surface area contributed by atoms with Crippen molar-refractivity contribution in [2.24, 2.45) is 0 Å². The molecule has 0 unspecified atom stereocenters. The van der Waals surface area contributed by atoms with Gasteiger partial charge < -0.3 is 4.57 Å². The third-order valence-corrected chi connectivity index (χ3v) is 9.55. The molecule has 0 bridgehead atoms. The number of aromatic nitrogens is 3. The van der Waals surface area contributed by atoms with E-state index in [1.54, 1.807) is 0 Å². The molecule has 3 nitrogen and oxygen atoms in total. The van der Waals surface area contributed by atoms with Crippen LogP contribution in [0.25, 0.3) is 94.4 Å². The lowest BCUT2D eigenvalue weighted by Gasteiger charge is -2.14. The van der Waals surface area contributed by atoms with Gasteiger partial charge in [-0.15, -0.1) is 0 Å². The molecule has 7 aromatic carbocycles. The molecule has 0 radical (unpaired) electrons. The lowest BCUT2D eigenvalue weighted by atomic mass is 9.93. The van der Waals surface area contributed by atoms with E-state index in [-0.39, 0.29) is 0 Å². The predicted octanol–water partition coefficient (Wildman–Crippen LogP) is 11.4. The quantitative estimate of drug-likeness (QED) is 0.202. The number of fused-ring (bicyclic) bond motifs is 3. The maximum atomic E-state index is 5.06. The topological polar surface area (TPSA) is 30.7 Å². The molecule has 9 aromatic rings. The fraction of sp³-hybridized carbons (Fsp3) is 0. The molecular formula is C44H27N3. The monoisotopic (exact) mass is 597 g/mol. The van der Waals surface area contributed by atoms with Gasteiger partial charge in [-0.05, 0) is 75.5 Å². The molecule has 2 aromatic heterocycles. The van der Waals surface area contributed by atoms with E-state index in [4.69, 9.17) is 9.97 Å². The Morgan fingerprint density at radius 2 is 0.915 bits per heavy atom. The first kappa shape index (κ1) is 26.0. The average molecular weight is 598 g/mol. The molecule has 218 valence electrons. The summed E-state index contributed by atoms with van der Waals surface area (Å²) in [7, 11) is 0. The Bertz CT molecular complexity index is 2590. The van der Waals surface area contributed by atoms with Crippen LogP contribution >= 0.6 is 0 Å². The Morgan fingerprint density at radius 1 is 0.362 bits per heavy atom. The molecule has 0 spiro atoms. The first-order chi connectivity index (χ1) is 23.3. The molecule has 2 heterocycles. The summed E-state index contributed by atoms with van der Waals surface area (Å²) in [5.41, 5.74) is 13.6. The maximum Gasteiger partial charge on any atom is 0.160 e. The van der Waals surface area contributed by atoms with Crippen molar-refractivity contribution in [3.05, 3.63) is 164 Å². The van der Waals surface area contributed by atoms with Gasteiger partial charge in [-0.2, -0.15) is 0 Å². The molecule has 0 aliphatic heterocycles. The Balaban J connectivity index is 1.18. The predicted molar refractivity (Wildman–Crippen MR) is 195 cm³/mol. The third-order valence-electron chi connectivity index (χ3n) is 9.55. The molecule has 10 rings (SSSR count). The Labute approximate surface area is 272 Å². The highest BCUT2D eigenvalue weighted by atomic mass is 15.0. The number of nitrogens with zero attached hydrogens (tertiary/aromatic N) is 3. The molecule has 0 saturated heterocycles. The minimum absolute atomic E-state index is 0.711. The normalized spacial score (nSPS) is 11.8. The van der Waals surface area contributed by atoms with Gasteiger partial charge in [0.1, 0.15) is 0 Å². The summed E-state index contributed by atoms with van der Waals surface area (Å²) in [6.45, 7) is 0. The van der Waals surface area contributed by atoms with Gasteiger partial charge in [0.2, 0.25) is 0 Å². The summed E-state index contributed by atoms with van der Waals surface area (Å²) < 4.78 is 2.42. The van der Waals surface area contributed by atoms with Crippen LogP contribution < -0.4 is 0 Å². The van der Waals surface area contributed by atoms with E-state index in [2.05, 4.69) is 156 Å². The van der Waals surface area contributed by atoms with E-state index in [0.29, 0.717) is 5.82 Å². The minimum atomic E-state index is 0.711. The third kappa shape index (κ3) is 3.93. The van der Waals surface area contributed by atoms with E-state index in [0.717, 1.165) is 33.8 Å². The zero-order valence-corrected chi connectivity index (χ0v) is 25.4. The summed E-state index contributed by atoms with van der Waals surface area (Å²) in [6, 6.07) is 58.3. The van der Waals surface area contributed by atoms with Crippen LogP contribution in [0.15, 0.2) is 164 Å². The van der Waals surface area contributed by atoms with Crippen molar-refractivity contribution in [2.45, 2.75) is 0 Å². The van der Waals surface area contributed by atoms with Gasteiger partial charge >= 0.3 is 0 Å². The van der Waals surface area contributed by atoms with Crippen molar-refractivity contribution in [2.75, 3.05) is 0 Å². The van der Waals surface area contributed by atoms with Crippen molar-refractivity contribution in [3.8, 4) is 61.8 Å². The molecule has 0 fully saturated rings. The lowest BCUT2D eigenvalue weighted by molar-refractivity contribution is 1.16. The van der Waals surface area contributed by atoms with Crippen LogP contribution in [0.5, 0.6) is 0 Å². The highest BCUT2D eigenvalue weighted by Crippen LogP contribution is 2.49. The molecule has 0 N–H and O–H groups in total. The summed E-state index contributed by atoms with van der Waals surface area (Å²) in [5, 5.41) is 5.21. The van der Waals surface area contributed by atoms with Crippen molar-refractivity contribution in [1.29, 1.82) is 0 Å². The second-order valence-electron chi connectivity index (χ2n) is 12.2. The Hall–Kier alpha value is -6.32. The number of hydrogen-bond acceptors (Lipinski definition) is 2. The molecule has 0 atom stereocenters. The van der Waals surface area contributed by atoms with Gasteiger partial charge in [-0.1, -0.05) is 121 Å². The van der Waals surface area contributed by atoms with Gasteiger partial charge in [0.25, 0.3) is 0 Å².